The van der Waals surface area contributed by atoms with Crippen molar-refractivity contribution in [3.8, 4) is 5.75 Å². The number of rotatable bonds is 6. The third-order valence-electron chi connectivity index (χ3n) is 6.28. The molecule has 1 N–H and O–H groups in total. The summed E-state index contributed by atoms with van der Waals surface area (Å²) in [6.45, 7) is 4.46. The predicted molar refractivity (Wildman–Crippen MR) is 136 cm³/mol. The number of aromatic nitrogens is 1. The van der Waals surface area contributed by atoms with Gasteiger partial charge in [-0.3, -0.25) is 19.7 Å². The van der Waals surface area contributed by atoms with Crippen molar-refractivity contribution in [2.24, 2.45) is 0 Å². The first-order chi connectivity index (χ1) is 18.0. The molecule has 10 nitrogen and oxygen atoms in total. The van der Waals surface area contributed by atoms with E-state index in [1.54, 1.807) is 39.9 Å². The second-order valence-corrected chi connectivity index (χ2v) is 8.61. The van der Waals surface area contributed by atoms with Crippen LogP contribution in [0.25, 0.3) is 17.0 Å². The van der Waals surface area contributed by atoms with Crippen LogP contribution >= 0.6 is 0 Å². The molecule has 5 rings (SSSR count). The van der Waals surface area contributed by atoms with Gasteiger partial charge in [-0.25, -0.2) is 9.69 Å². The Morgan fingerprint density at radius 2 is 1.86 bits per heavy atom. The highest BCUT2D eigenvalue weighted by atomic mass is 16.5. The number of amides is 5. The summed E-state index contributed by atoms with van der Waals surface area (Å²) in [7, 11) is 0. The molecule has 0 unspecified atom stereocenters. The number of carbonyl (C=O) groups excluding carboxylic acids is 4. The summed E-state index contributed by atoms with van der Waals surface area (Å²) in [6.07, 6.45) is 3.20. The van der Waals surface area contributed by atoms with E-state index in [1.807, 2.05) is 31.2 Å². The van der Waals surface area contributed by atoms with Gasteiger partial charge in [-0.1, -0.05) is 24.3 Å². The normalized spacial score (nSPS) is 17.4. The lowest BCUT2D eigenvalue weighted by Gasteiger charge is -2.27. The first kappa shape index (κ1) is 24.3. The van der Waals surface area contributed by atoms with Crippen molar-refractivity contribution in [2.45, 2.75) is 13.5 Å². The average molecular weight is 503 g/mol. The number of urea groups is 1. The number of carbonyl (C=O) groups is 4. The minimum Gasteiger partial charge on any atom is -0.494 e. The van der Waals surface area contributed by atoms with E-state index in [0.29, 0.717) is 44.2 Å². The van der Waals surface area contributed by atoms with Gasteiger partial charge in [0.1, 0.15) is 17.9 Å². The van der Waals surface area contributed by atoms with Crippen molar-refractivity contribution in [2.75, 3.05) is 37.8 Å². The maximum absolute atomic E-state index is 13.4. The molecular weight excluding hydrogens is 476 g/mol. The lowest BCUT2D eigenvalue weighted by atomic mass is 10.1. The number of nitrogens with one attached hydrogen (secondary N) is 1. The molecule has 2 fully saturated rings. The van der Waals surface area contributed by atoms with E-state index < -0.39 is 17.8 Å². The zero-order valence-corrected chi connectivity index (χ0v) is 20.3. The Kier molecular flexibility index (Phi) is 6.74. The van der Waals surface area contributed by atoms with E-state index in [-0.39, 0.29) is 23.7 Å². The topological polar surface area (TPSA) is 110 Å². The van der Waals surface area contributed by atoms with Crippen molar-refractivity contribution < 1.29 is 28.7 Å². The molecule has 37 heavy (non-hydrogen) atoms. The predicted octanol–water partition coefficient (Wildman–Crippen LogP) is 2.57. The summed E-state index contributed by atoms with van der Waals surface area (Å²) in [5.74, 6) is -1.08. The van der Waals surface area contributed by atoms with Gasteiger partial charge in [-0.15, -0.1) is 0 Å². The molecule has 0 radical (unpaired) electrons. The number of hydrogen-bond donors (Lipinski definition) is 1. The van der Waals surface area contributed by atoms with Crippen LogP contribution in [0.3, 0.4) is 0 Å². The van der Waals surface area contributed by atoms with E-state index in [1.165, 1.54) is 6.08 Å². The smallest absolute Gasteiger partial charge is 0.335 e. The SMILES string of the molecule is CCOc1cccc(N2C(=O)NC(=O)C(=Cc3cn(CC(=O)N4CCOCC4)c4ccccc34)C2=O)c1. The molecule has 3 heterocycles. The van der Waals surface area contributed by atoms with Gasteiger partial charge in [0.05, 0.1) is 25.5 Å². The van der Waals surface area contributed by atoms with Crippen molar-refractivity contribution in [3.63, 3.8) is 0 Å². The van der Waals surface area contributed by atoms with Crippen LogP contribution in [0.1, 0.15) is 12.5 Å². The fourth-order valence-electron chi connectivity index (χ4n) is 4.51. The highest BCUT2D eigenvalue weighted by molar-refractivity contribution is 6.39. The zero-order valence-electron chi connectivity index (χ0n) is 20.3. The number of hydrogen-bond acceptors (Lipinski definition) is 6. The monoisotopic (exact) mass is 502 g/mol. The number of anilines is 1. The van der Waals surface area contributed by atoms with Crippen LogP contribution in [0.4, 0.5) is 10.5 Å². The summed E-state index contributed by atoms with van der Waals surface area (Å²) in [6, 6.07) is 13.1. The van der Waals surface area contributed by atoms with Crippen molar-refractivity contribution in [3.05, 3.63) is 65.9 Å². The number of nitrogens with zero attached hydrogens (tertiary/aromatic N) is 3. The number of benzene rings is 2. The Morgan fingerprint density at radius 3 is 2.65 bits per heavy atom. The van der Waals surface area contributed by atoms with Gasteiger partial charge in [0.2, 0.25) is 5.91 Å². The minimum absolute atomic E-state index is 0.0410. The number of barbiturate groups is 1. The maximum Gasteiger partial charge on any atom is 0.335 e. The van der Waals surface area contributed by atoms with Gasteiger partial charge in [0.15, 0.2) is 0 Å². The first-order valence-corrected chi connectivity index (χ1v) is 12.0. The van der Waals surface area contributed by atoms with Gasteiger partial charge >= 0.3 is 6.03 Å². The summed E-state index contributed by atoms with van der Waals surface area (Å²) < 4.78 is 12.6. The van der Waals surface area contributed by atoms with E-state index in [4.69, 9.17) is 9.47 Å². The summed E-state index contributed by atoms with van der Waals surface area (Å²) in [5.41, 5.74) is 1.47. The molecule has 3 aromatic rings. The lowest BCUT2D eigenvalue weighted by Crippen LogP contribution is -2.54. The standard InChI is InChI=1S/C27H26N4O6/c1-2-37-20-7-5-6-19(15-20)31-26(34)22(25(33)28-27(31)35)14-18-16-30(23-9-4-3-8-21(18)23)17-24(32)29-10-12-36-13-11-29/h3-9,14-16H,2,10-13,17H2,1H3,(H,28,33,35). The van der Waals surface area contributed by atoms with Crippen LogP contribution in [0, 0.1) is 0 Å². The second-order valence-electron chi connectivity index (χ2n) is 8.61. The van der Waals surface area contributed by atoms with Crippen LogP contribution in [0.2, 0.25) is 0 Å². The molecule has 2 saturated heterocycles. The Balaban J connectivity index is 1.49. The largest absolute Gasteiger partial charge is 0.494 e. The molecule has 0 saturated carbocycles. The van der Waals surface area contributed by atoms with Gasteiger partial charge < -0.3 is 18.9 Å². The molecule has 2 aromatic carbocycles. The minimum atomic E-state index is -0.834. The molecule has 190 valence electrons. The third-order valence-corrected chi connectivity index (χ3v) is 6.28. The van der Waals surface area contributed by atoms with Gasteiger partial charge in [-0.05, 0) is 31.2 Å². The number of imide groups is 2. The van der Waals surface area contributed by atoms with Crippen LogP contribution in [-0.4, -0.2) is 66.1 Å². The average Bonchev–Trinajstić information content (AvgIpc) is 3.24. The van der Waals surface area contributed by atoms with E-state index in [2.05, 4.69) is 5.32 Å². The summed E-state index contributed by atoms with van der Waals surface area (Å²) in [4.78, 5) is 54.3. The van der Waals surface area contributed by atoms with Gasteiger partial charge in [-0.2, -0.15) is 0 Å². The van der Waals surface area contributed by atoms with Crippen molar-refractivity contribution in [1.82, 2.24) is 14.8 Å². The molecule has 0 aliphatic carbocycles. The molecule has 2 aliphatic heterocycles. The molecular formula is C27H26N4O6. The Labute approximate surface area is 213 Å². The van der Waals surface area contributed by atoms with Crippen molar-refractivity contribution in [1.29, 1.82) is 0 Å². The fraction of sp³-hybridized carbons (Fsp3) is 0.259. The molecule has 10 heteroatoms. The third kappa shape index (κ3) is 4.83. The number of ether oxygens (including phenoxy) is 2. The molecule has 5 amide bonds. The van der Waals surface area contributed by atoms with E-state index in [0.717, 1.165) is 15.8 Å². The lowest BCUT2D eigenvalue weighted by molar-refractivity contribution is -0.135. The maximum atomic E-state index is 13.4. The van der Waals surface area contributed by atoms with E-state index >= 15 is 0 Å². The Hall–Kier alpha value is -4.44. The Morgan fingerprint density at radius 1 is 1.08 bits per heavy atom. The number of para-hydroxylation sites is 1. The summed E-state index contributed by atoms with van der Waals surface area (Å²) >= 11 is 0. The second kappa shape index (κ2) is 10.3. The fourth-order valence-corrected chi connectivity index (χ4v) is 4.51. The van der Waals surface area contributed by atoms with Gasteiger partial charge in [0, 0.05) is 41.8 Å². The zero-order chi connectivity index (χ0) is 25.9. The highest BCUT2D eigenvalue weighted by Crippen LogP contribution is 2.28. The van der Waals surface area contributed by atoms with Crippen LogP contribution in [-0.2, 0) is 25.7 Å². The van der Waals surface area contributed by atoms with Crippen molar-refractivity contribution >= 4 is 46.4 Å². The van der Waals surface area contributed by atoms with Crippen LogP contribution in [0.5, 0.6) is 5.75 Å². The molecule has 0 atom stereocenters. The quantitative estimate of drug-likeness (QED) is 0.410. The molecule has 0 spiro atoms. The van der Waals surface area contributed by atoms with Gasteiger partial charge in [0.25, 0.3) is 11.8 Å². The van der Waals surface area contributed by atoms with Crippen LogP contribution in [0.15, 0.2) is 60.3 Å². The molecule has 1 aromatic heterocycles. The number of fused-ring (bicyclic) bond motifs is 1. The van der Waals surface area contributed by atoms with E-state index in [9.17, 15) is 19.2 Å². The first-order valence-electron chi connectivity index (χ1n) is 12.0. The molecule has 0 bridgehead atoms. The highest BCUT2D eigenvalue weighted by Gasteiger charge is 2.37. The molecule has 2 aliphatic rings. The summed E-state index contributed by atoms with van der Waals surface area (Å²) in [5, 5.41) is 3.02. The van der Waals surface area contributed by atoms with Crippen LogP contribution < -0.4 is 15.0 Å². The Bertz CT molecular complexity index is 1420. The number of morpholine rings is 1.